The number of methoxy groups -OCH3 is 1. The number of thiazole rings is 1. The lowest BCUT2D eigenvalue weighted by atomic mass is 10.2. The molecule has 0 aliphatic rings. The molecule has 0 saturated heterocycles. The second-order valence-corrected chi connectivity index (χ2v) is 7.50. The summed E-state index contributed by atoms with van der Waals surface area (Å²) in [6.07, 6.45) is 0. The molecule has 2 N–H and O–H groups in total. The van der Waals surface area contributed by atoms with E-state index in [1.807, 2.05) is 74.4 Å². The lowest BCUT2D eigenvalue weighted by Crippen LogP contribution is -2.22. The van der Waals surface area contributed by atoms with E-state index in [9.17, 15) is 4.79 Å². The van der Waals surface area contributed by atoms with Crippen molar-refractivity contribution in [3.63, 3.8) is 0 Å². The number of para-hydroxylation sites is 2. The Labute approximate surface area is 169 Å². The third-order valence-corrected chi connectivity index (χ3v) is 5.33. The molecule has 1 aromatic heterocycles. The van der Waals surface area contributed by atoms with Crippen molar-refractivity contribution >= 4 is 33.8 Å². The first-order chi connectivity index (χ1) is 13.5. The van der Waals surface area contributed by atoms with Gasteiger partial charge < -0.3 is 20.3 Å². The predicted molar refractivity (Wildman–Crippen MR) is 115 cm³/mol. The summed E-state index contributed by atoms with van der Waals surface area (Å²) in [7, 11) is 5.62. The van der Waals surface area contributed by atoms with Gasteiger partial charge in [-0.25, -0.2) is 4.98 Å². The lowest BCUT2D eigenvalue weighted by molar-refractivity contribution is 0.0954. The predicted octanol–water partition coefficient (Wildman–Crippen LogP) is 4.20. The Morgan fingerprint density at radius 3 is 2.54 bits per heavy atom. The highest BCUT2D eigenvalue weighted by molar-refractivity contribution is 7.17. The summed E-state index contributed by atoms with van der Waals surface area (Å²) in [5.74, 6) is 0.599. The van der Waals surface area contributed by atoms with E-state index in [4.69, 9.17) is 4.74 Å². The molecule has 0 saturated carbocycles. The molecule has 28 heavy (non-hydrogen) atoms. The third-order valence-electron chi connectivity index (χ3n) is 4.26. The number of benzene rings is 2. The Balaban J connectivity index is 1.66. The monoisotopic (exact) mass is 396 g/mol. The van der Waals surface area contributed by atoms with Crippen molar-refractivity contribution in [3.05, 3.63) is 64.7 Å². The average molecular weight is 397 g/mol. The second kappa shape index (κ2) is 8.75. The highest BCUT2D eigenvalue weighted by atomic mass is 32.1. The topological polar surface area (TPSA) is 66.5 Å². The van der Waals surface area contributed by atoms with Gasteiger partial charge in [0.1, 0.15) is 10.6 Å². The average Bonchev–Trinajstić information content (AvgIpc) is 3.07. The molecule has 0 spiro atoms. The summed E-state index contributed by atoms with van der Waals surface area (Å²) < 4.78 is 5.34. The maximum atomic E-state index is 12.6. The molecule has 6 nitrogen and oxygen atoms in total. The number of ether oxygens (including phenoxy) is 1. The fraction of sp³-hybridized carbons (Fsp3) is 0.238. The van der Waals surface area contributed by atoms with Gasteiger partial charge in [-0.05, 0) is 36.8 Å². The Hall–Kier alpha value is -3.06. The van der Waals surface area contributed by atoms with E-state index in [-0.39, 0.29) is 5.91 Å². The van der Waals surface area contributed by atoms with Gasteiger partial charge in [-0.1, -0.05) is 35.6 Å². The van der Waals surface area contributed by atoms with E-state index in [1.54, 1.807) is 7.11 Å². The molecule has 0 aliphatic heterocycles. The highest BCUT2D eigenvalue weighted by Gasteiger charge is 2.16. The standard InChI is InChI=1S/C21H24N4O2S/c1-14-19(20(26)22-13-15-9-11-16(12-10-15)25(2)3)28-21(23-14)24-17-7-5-6-8-18(17)27-4/h5-12H,13H2,1-4H3,(H,22,26)(H,23,24). The number of hydrogen-bond donors (Lipinski definition) is 2. The van der Waals surface area contributed by atoms with Gasteiger partial charge in [-0.3, -0.25) is 4.79 Å². The minimum atomic E-state index is -0.125. The zero-order valence-electron chi connectivity index (χ0n) is 16.4. The maximum absolute atomic E-state index is 12.6. The summed E-state index contributed by atoms with van der Waals surface area (Å²) in [6.45, 7) is 2.31. The SMILES string of the molecule is COc1ccccc1Nc1nc(C)c(C(=O)NCc2ccc(N(C)C)cc2)s1. The number of hydrogen-bond acceptors (Lipinski definition) is 6. The molecule has 146 valence electrons. The molecule has 7 heteroatoms. The number of nitrogens with zero attached hydrogens (tertiary/aromatic N) is 2. The van der Waals surface area contributed by atoms with Gasteiger partial charge in [0.2, 0.25) is 0 Å². The first-order valence-electron chi connectivity index (χ1n) is 8.90. The van der Waals surface area contributed by atoms with Crippen LogP contribution in [0.15, 0.2) is 48.5 Å². The van der Waals surface area contributed by atoms with E-state index >= 15 is 0 Å². The molecule has 0 unspecified atom stereocenters. The van der Waals surface area contributed by atoms with E-state index in [0.717, 1.165) is 22.7 Å². The van der Waals surface area contributed by atoms with Crippen LogP contribution in [0, 0.1) is 6.92 Å². The summed E-state index contributed by atoms with van der Waals surface area (Å²) in [6, 6.07) is 15.7. The number of amides is 1. The van der Waals surface area contributed by atoms with Gasteiger partial charge in [-0.2, -0.15) is 0 Å². The van der Waals surface area contributed by atoms with Crippen molar-refractivity contribution < 1.29 is 9.53 Å². The van der Waals surface area contributed by atoms with Crippen LogP contribution in [0.2, 0.25) is 0 Å². The largest absolute Gasteiger partial charge is 0.495 e. The van der Waals surface area contributed by atoms with E-state index in [2.05, 4.69) is 15.6 Å². The number of carbonyl (C=O) groups excluding carboxylic acids is 1. The number of rotatable bonds is 7. The van der Waals surface area contributed by atoms with Crippen LogP contribution >= 0.6 is 11.3 Å². The Morgan fingerprint density at radius 2 is 1.86 bits per heavy atom. The first kappa shape index (κ1) is 19.7. The van der Waals surface area contributed by atoms with Crippen LogP contribution in [0.5, 0.6) is 5.75 Å². The van der Waals surface area contributed by atoms with Crippen LogP contribution < -0.4 is 20.3 Å². The molecule has 1 heterocycles. The third kappa shape index (κ3) is 4.61. The van der Waals surface area contributed by atoms with Crippen molar-refractivity contribution in [1.29, 1.82) is 0 Å². The zero-order valence-corrected chi connectivity index (χ0v) is 17.3. The summed E-state index contributed by atoms with van der Waals surface area (Å²) in [5, 5.41) is 6.85. The van der Waals surface area contributed by atoms with Crippen molar-refractivity contribution in [2.75, 3.05) is 31.4 Å². The molecular weight excluding hydrogens is 372 g/mol. The number of carbonyl (C=O) groups is 1. The molecule has 3 aromatic rings. The molecule has 0 bridgehead atoms. The summed E-state index contributed by atoms with van der Waals surface area (Å²) >= 11 is 1.33. The number of aryl methyl sites for hydroxylation is 1. The first-order valence-corrected chi connectivity index (χ1v) is 9.71. The quantitative estimate of drug-likeness (QED) is 0.627. The Kier molecular flexibility index (Phi) is 6.16. The summed E-state index contributed by atoms with van der Waals surface area (Å²) in [4.78, 5) is 19.7. The van der Waals surface area contributed by atoms with Crippen molar-refractivity contribution in [2.45, 2.75) is 13.5 Å². The van der Waals surface area contributed by atoms with Crippen molar-refractivity contribution in [1.82, 2.24) is 10.3 Å². The van der Waals surface area contributed by atoms with Crippen LogP contribution in [-0.4, -0.2) is 32.1 Å². The highest BCUT2D eigenvalue weighted by Crippen LogP contribution is 2.30. The van der Waals surface area contributed by atoms with Gasteiger partial charge in [0.15, 0.2) is 5.13 Å². The number of nitrogens with one attached hydrogen (secondary N) is 2. The van der Waals surface area contributed by atoms with E-state index in [1.165, 1.54) is 11.3 Å². The van der Waals surface area contributed by atoms with Crippen molar-refractivity contribution in [2.24, 2.45) is 0 Å². The molecule has 0 fully saturated rings. The second-order valence-electron chi connectivity index (χ2n) is 6.50. The number of anilines is 3. The van der Waals surface area contributed by atoms with Gasteiger partial charge in [-0.15, -0.1) is 0 Å². The molecule has 0 radical (unpaired) electrons. The zero-order chi connectivity index (χ0) is 20.1. The van der Waals surface area contributed by atoms with Gasteiger partial charge >= 0.3 is 0 Å². The summed E-state index contributed by atoms with van der Waals surface area (Å²) in [5.41, 5.74) is 3.68. The minimum Gasteiger partial charge on any atom is -0.495 e. The normalized spacial score (nSPS) is 10.4. The van der Waals surface area contributed by atoms with Crippen LogP contribution in [0.3, 0.4) is 0 Å². The fourth-order valence-corrected chi connectivity index (χ4v) is 3.59. The van der Waals surface area contributed by atoms with Crippen LogP contribution in [0.25, 0.3) is 0 Å². The smallest absolute Gasteiger partial charge is 0.263 e. The molecular formula is C21H24N4O2S. The van der Waals surface area contributed by atoms with Gasteiger partial charge in [0.25, 0.3) is 5.91 Å². The van der Waals surface area contributed by atoms with E-state index < -0.39 is 0 Å². The molecule has 0 aliphatic carbocycles. The maximum Gasteiger partial charge on any atom is 0.263 e. The van der Waals surface area contributed by atoms with Crippen LogP contribution in [0.4, 0.5) is 16.5 Å². The van der Waals surface area contributed by atoms with Crippen molar-refractivity contribution in [3.8, 4) is 5.75 Å². The fourth-order valence-electron chi connectivity index (χ4n) is 2.70. The molecule has 0 atom stereocenters. The minimum absolute atomic E-state index is 0.125. The van der Waals surface area contributed by atoms with Gasteiger partial charge in [0, 0.05) is 26.3 Å². The Bertz CT molecular complexity index is 951. The van der Waals surface area contributed by atoms with Crippen LogP contribution in [-0.2, 0) is 6.54 Å². The van der Waals surface area contributed by atoms with Gasteiger partial charge in [0.05, 0.1) is 18.5 Å². The van der Waals surface area contributed by atoms with E-state index in [0.29, 0.717) is 22.2 Å². The Morgan fingerprint density at radius 1 is 1.14 bits per heavy atom. The van der Waals surface area contributed by atoms with Crippen LogP contribution in [0.1, 0.15) is 20.9 Å². The molecule has 2 aromatic carbocycles. The molecule has 3 rings (SSSR count). The lowest BCUT2D eigenvalue weighted by Gasteiger charge is -2.12. The molecule has 1 amide bonds. The number of aromatic nitrogens is 1.